The van der Waals surface area contributed by atoms with E-state index >= 15 is 0 Å². The maximum Gasteiger partial charge on any atom is 0.508 e. The fourth-order valence-electron chi connectivity index (χ4n) is 4.86. The number of nitrogens with one attached hydrogen (secondary N) is 2. The van der Waals surface area contributed by atoms with Crippen LogP contribution >= 0.6 is 0 Å². The Labute approximate surface area is 220 Å². The van der Waals surface area contributed by atoms with Gasteiger partial charge in [-0.25, -0.2) is 4.99 Å². The average molecular weight is 573 g/mol. The van der Waals surface area contributed by atoms with Crippen LogP contribution in [0.3, 0.4) is 0 Å². The van der Waals surface area contributed by atoms with Crippen molar-refractivity contribution in [2.45, 2.75) is 49.6 Å². The Kier molecular flexibility index (Phi) is 14.9. The molecule has 0 aromatic heterocycles. The highest BCUT2D eigenvalue weighted by Gasteiger charge is 2.60. The summed E-state index contributed by atoms with van der Waals surface area (Å²) >= 11 is 0. The number of aliphatic imine (C=N–C) groups is 1. The van der Waals surface area contributed by atoms with Crippen molar-refractivity contribution < 1.29 is 39.8 Å². The third kappa shape index (κ3) is 7.41. The monoisotopic (exact) mass is 572 g/mol. The SMILES string of the molecule is CCC(C1(N(CCC[Si](OC)(OC)OC)CCC[Si](OC)(OC)OC)N=CNN1)[Si](OC)(OC)OC. The molecule has 0 amide bonds. The van der Waals surface area contributed by atoms with Gasteiger partial charge < -0.3 is 45.3 Å². The van der Waals surface area contributed by atoms with E-state index in [4.69, 9.17) is 44.8 Å². The van der Waals surface area contributed by atoms with Gasteiger partial charge in [-0.05, 0) is 19.3 Å². The molecule has 1 heterocycles. The zero-order chi connectivity index (χ0) is 27.3. The molecular formula is C20H48N4O9Si3. The van der Waals surface area contributed by atoms with Crippen LogP contribution in [-0.4, -0.2) is 121 Å². The minimum absolute atomic E-state index is 0.222. The standard InChI is InChI=1S/C20H48N4O9Si3/c1-11-19(36(31-8,32-9)33-10)20(21-18-22-23-20)24(14-12-16-34(25-2,26-3)27-4)15-13-17-35(28-5,29-6)30-7/h18-19,23H,11-17H2,1-10H3,(H,21,22). The van der Waals surface area contributed by atoms with Crippen LogP contribution in [0.2, 0.25) is 17.6 Å². The van der Waals surface area contributed by atoms with Gasteiger partial charge in [-0.3, -0.25) is 4.90 Å². The molecule has 0 radical (unpaired) electrons. The van der Waals surface area contributed by atoms with Gasteiger partial charge in [0.1, 0.15) is 6.34 Å². The van der Waals surface area contributed by atoms with Crippen LogP contribution in [0.1, 0.15) is 26.2 Å². The molecule has 1 aliphatic rings. The van der Waals surface area contributed by atoms with Gasteiger partial charge in [0.25, 0.3) is 0 Å². The van der Waals surface area contributed by atoms with Gasteiger partial charge in [0.2, 0.25) is 0 Å². The Morgan fingerprint density at radius 3 is 1.42 bits per heavy atom. The molecule has 13 nitrogen and oxygen atoms in total. The maximum absolute atomic E-state index is 5.92. The van der Waals surface area contributed by atoms with E-state index in [1.54, 1.807) is 70.3 Å². The second-order valence-electron chi connectivity index (χ2n) is 8.22. The Morgan fingerprint density at radius 1 is 0.722 bits per heavy atom. The van der Waals surface area contributed by atoms with Crippen molar-refractivity contribution in [1.29, 1.82) is 0 Å². The third-order valence-corrected chi connectivity index (χ3v) is 16.0. The average Bonchev–Trinajstić information content (AvgIpc) is 3.42. The number of hydrogen-bond donors (Lipinski definition) is 2. The molecule has 0 fully saturated rings. The highest BCUT2D eigenvalue weighted by molar-refractivity contribution is 6.62. The summed E-state index contributed by atoms with van der Waals surface area (Å²) in [6, 6.07) is 1.29. The molecule has 1 aliphatic heterocycles. The second-order valence-corrected chi connectivity index (χ2v) is 17.5. The van der Waals surface area contributed by atoms with Crippen molar-refractivity contribution in [2.75, 3.05) is 77.1 Å². The van der Waals surface area contributed by atoms with E-state index in [1.807, 2.05) is 0 Å². The minimum Gasteiger partial charge on any atom is -0.377 e. The van der Waals surface area contributed by atoms with E-state index in [0.717, 1.165) is 12.8 Å². The molecule has 214 valence electrons. The molecule has 0 bridgehead atoms. The van der Waals surface area contributed by atoms with Gasteiger partial charge in [-0.1, -0.05) is 6.92 Å². The predicted octanol–water partition coefficient (Wildman–Crippen LogP) is 1.27. The Balaban J connectivity index is 3.33. The molecule has 0 aromatic rings. The predicted molar refractivity (Wildman–Crippen MR) is 142 cm³/mol. The molecule has 2 N–H and O–H groups in total. The third-order valence-electron chi connectivity index (χ3n) is 6.93. The van der Waals surface area contributed by atoms with Gasteiger partial charge in [0.15, 0.2) is 5.79 Å². The van der Waals surface area contributed by atoms with Crippen molar-refractivity contribution in [2.24, 2.45) is 4.99 Å². The van der Waals surface area contributed by atoms with Crippen LogP contribution in [0.5, 0.6) is 0 Å². The van der Waals surface area contributed by atoms with Crippen molar-refractivity contribution in [3.05, 3.63) is 0 Å². The van der Waals surface area contributed by atoms with Crippen LogP contribution in [-0.2, 0) is 39.8 Å². The highest BCUT2D eigenvalue weighted by atomic mass is 28.4. The molecule has 2 atom stereocenters. The lowest BCUT2D eigenvalue weighted by atomic mass is 10.1. The largest absolute Gasteiger partial charge is 0.508 e. The zero-order valence-electron chi connectivity index (χ0n) is 23.7. The summed E-state index contributed by atoms with van der Waals surface area (Å²) in [6.07, 6.45) is 3.86. The fraction of sp³-hybridized carbons (Fsp3) is 0.950. The fourth-order valence-corrected chi connectivity index (χ4v) is 10.9. The highest BCUT2D eigenvalue weighted by Crippen LogP contribution is 2.42. The molecule has 16 heteroatoms. The first-order chi connectivity index (χ1) is 17.3. The number of nitrogens with zero attached hydrogens (tertiary/aromatic N) is 2. The van der Waals surface area contributed by atoms with Crippen molar-refractivity contribution in [3.8, 4) is 0 Å². The minimum atomic E-state index is -3.13. The molecule has 0 saturated heterocycles. The summed E-state index contributed by atoms with van der Waals surface area (Å²) < 4.78 is 51.6. The van der Waals surface area contributed by atoms with Crippen molar-refractivity contribution >= 4 is 32.8 Å². The van der Waals surface area contributed by atoms with Gasteiger partial charge in [-0.15, -0.1) is 0 Å². The van der Waals surface area contributed by atoms with Gasteiger partial charge in [0, 0.05) is 89.2 Å². The number of hydrogen-bond acceptors (Lipinski definition) is 13. The first kappa shape index (κ1) is 33.7. The molecule has 0 spiro atoms. The summed E-state index contributed by atoms with van der Waals surface area (Å²) in [4.78, 5) is 7.18. The lowest BCUT2D eigenvalue weighted by Crippen LogP contribution is -2.68. The van der Waals surface area contributed by atoms with Crippen LogP contribution in [0, 0.1) is 0 Å². The zero-order valence-corrected chi connectivity index (χ0v) is 26.7. The smallest absolute Gasteiger partial charge is 0.377 e. The Bertz CT molecular complexity index is 593. The van der Waals surface area contributed by atoms with Crippen molar-refractivity contribution in [3.63, 3.8) is 0 Å². The Morgan fingerprint density at radius 2 is 1.14 bits per heavy atom. The van der Waals surface area contributed by atoms with E-state index in [9.17, 15) is 0 Å². The van der Waals surface area contributed by atoms with E-state index in [2.05, 4.69) is 22.7 Å². The lowest BCUT2D eigenvalue weighted by molar-refractivity contribution is 0.0126. The number of rotatable bonds is 21. The topological polar surface area (TPSA) is 123 Å². The summed E-state index contributed by atoms with van der Waals surface area (Å²) in [5.74, 6) is -0.877. The van der Waals surface area contributed by atoms with E-state index in [0.29, 0.717) is 31.6 Å². The van der Waals surface area contributed by atoms with Crippen LogP contribution in [0.15, 0.2) is 4.99 Å². The normalized spacial score (nSPS) is 19.8. The molecule has 36 heavy (non-hydrogen) atoms. The molecule has 0 aliphatic carbocycles. The van der Waals surface area contributed by atoms with Crippen molar-refractivity contribution in [1.82, 2.24) is 15.8 Å². The summed E-state index contributed by atoms with van der Waals surface area (Å²) in [6.45, 7) is 3.41. The molecule has 1 rings (SSSR count). The van der Waals surface area contributed by atoms with Crippen LogP contribution in [0.4, 0.5) is 0 Å². The van der Waals surface area contributed by atoms with Gasteiger partial charge >= 0.3 is 26.4 Å². The van der Waals surface area contributed by atoms with Gasteiger partial charge in [0.05, 0.1) is 5.54 Å². The maximum atomic E-state index is 5.92. The second kappa shape index (κ2) is 15.9. The molecule has 0 aromatic carbocycles. The van der Waals surface area contributed by atoms with E-state index < -0.39 is 32.2 Å². The molecular weight excluding hydrogens is 524 g/mol. The summed E-state index contributed by atoms with van der Waals surface area (Å²) in [5.41, 5.74) is 6.24. The molecule has 2 unspecified atom stereocenters. The molecule has 0 saturated carbocycles. The van der Waals surface area contributed by atoms with E-state index in [1.165, 1.54) is 0 Å². The first-order valence-corrected chi connectivity index (χ1v) is 17.7. The summed E-state index contributed by atoms with van der Waals surface area (Å²) in [7, 11) is 6.00. The Hall–Kier alpha value is -0.319. The van der Waals surface area contributed by atoms with Gasteiger partial charge in [-0.2, -0.15) is 5.43 Å². The van der Waals surface area contributed by atoms with Crippen LogP contribution in [0.25, 0.3) is 0 Å². The summed E-state index contributed by atoms with van der Waals surface area (Å²) in [5, 5.41) is 0. The number of hydrazine groups is 1. The lowest BCUT2D eigenvalue weighted by Gasteiger charge is -2.47. The van der Waals surface area contributed by atoms with Crippen LogP contribution < -0.4 is 10.9 Å². The van der Waals surface area contributed by atoms with E-state index in [-0.39, 0.29) is 5.54 Å². The quantitative estimate of drug-likeness (QED) is 0.193. The first-order valence-electron chi connectivity index (χ1n) is 12.0.